The van der Waals surface area contributed by atoms with Crippen molar-refractivity contribution in [3.63, 3.8) is 0 Å². The second-order valence-corrected chi connectivity index (χ2v) is 7.44. The number of aromatic nitrogens is 3. The van der Waals surface area contributed by atoms with E-state index >= 15 is 0 Å². The third-order valence-electron chi connectivity index (χ3n) is 5.33. The number of aryl methyl sites for hydroxylation is 2. The predicted octanol–water partition coefficient (Wildman–Crippen LogP) is 4.10. The van der Waals surface area contributed by atoms with Crippen LogP contribution in [0.25, 0.3) is 22.3 Å². The van der Waals surface area contributed by atoms with Crippen molar-refractivity contribution in [2.45, 2.75) is 19.8 Å². The maximum Gasteiger partial charge on any atom is 0.0948 e. The molecular weight excluding hydrogens is 358 g/mol. The first-order valence-corrected chi connectivity index (χ1v) is 10.0. The Kier molecular flexibility index (Phi) is 5.58. The lowest BCUT2D eigenvalue weighted by Crippen LogP contribution is -2.08. The van der Waals surface area contributed by atoms with E-state index in [0.29, 0.717) is 6.54 Å². The van der Waals surface area contributed by atoms with Crippen molar-refractivity contribution in [3.05, 3.63) is 77.7 Å². The van der Waals surface area contributed by atoms with Gasteiger partial charge in [0.1, 0.15) is 0 Å². The van der Waals surface area contributed by atoms with Gasteiger partial charge in [0.2, 0.25) is 0 Å². The molecule has 0 amide bonds. The summed E-state index contributed by atoms with van der Waals surface area (Å²) in [6.45, 7) is 3.63. The van der Waals surface area contributed by atoms with Gasteiger partial charge in [0.15, 0.2) is 0 Å². The maximum atomic E-state index is 5.82. The zero-order valence-electron chi connectivity index (χ0n) is 17.0. The summed E-state index contributed by atoms with van der Waals surface area (Å²) >= 11 is 0. The lowest BCUT2D eigenvalue weighted by atomic mass is 10.0. The van der Waals surface area contributed by atoms with Gasteiger partial charge in [-0.15, -0.1) is 0 Å². The van der Waals surface area contributed by atoms with Crippen LogP contribution in [0.4, 0.5) is 5.69 Å². The van der Waals surface area contributed by atoms with E-state index in [2.05, 4.69) is 65.8 Å². The Morgan fingerprint density at radius 3 is 2.62 bits per heavy atom. The first kappa shape index (κ1) is 19.2. The van der Waals surface area contributed by atoms with Crippen molar-refractivity contribution in [2.24, 2.45) is 12.8 Å². The highest BCUT2D eigenvalue weighted by atomic mass is 15.0. The largest absolute Gasteiger partial charge is 0.384 e. The van der Waals surface area contributed by atoms with Crippen molar-refractivity contribution in [1.82, 2.24) is 14.5 Å². The molecule has 0 aliphatic carbocycles. The zero-order valence-corrected chi connectivity index (χ0v) is 17.0. The second kappa shape index (κ2) is 8.45. The predicted molar refractivity (Wildman–Crippen MR) is 120 cm³/mol. The summed E-state index contributed by atoms with van der Waals surface area (Å²) in [7, 11) is 1.99. The number of hydrogen-bond acceptors (Lipinski definition) is 4. The maximum absolute atomic E-state index is 5.82. The fraction of sp³-hybridized carbons (Fsp3) is 0.250. The summed E-state index contributed by atoms with van der Waals surface area (Å²) in [6, 6.07) is 17.1. The molecule has 29 heavy (non-hydrogen) atoms. The molecule has 4 aromatic rings. The van der Waals surface area contributed by atoms with E-state index in [1.54, 1.807) is 6.33 Å². The van der Waals surface area contributed by atoms with Crippen LogP contribution in [0.15, 0.2) is 61.1 Å². The van der Waals surface area contributed by atoms with Crippen LogP contribution < -0.4 is 11.1 Å². The summed E-state index contributed by atoms with van der Waals surface area (Å²) in [6.07, 6.45) is 5.50. The smallest absolute Gasteiger partial charge is 0.0948 e. The molecule has 0 aliphatic rings. The van der Waals surface area contributed by atoms with Crippen LogP contribution in [-0.4, -0.2) is 27.6 Å². The number of nitrogens with one attached hydrogen (secondary N) is 1. The Labute approximate surface area is 171 Å². The molecule has 5 nitrogen and oxygen atoms in total. The fourth-order valence-corrected chi connectivity index (χ4v) is 3.71. The van der Waals surface area contributed by atoms with Gasteiger partial charge >= 0.3 is 0 Å². The minimum Gasteiger partial charge on any atom is -0.384 e. The van der Waals surface area contributed by atoms with Crippen LogP contribution in [0.1, 0.15) is 16.7 Å². The van der Waals surface area contributed by atoms with Crippen LogP contribution in [0.3, 0.4) is 0 Å². The van der Waals surface area contributed by atoms with E-state index < -0.39 is 0 Å². The average molecular weight is 386 g/mol. The summed E-state index contributed by atoms with van der Waals surface area (Å²) in [5, 5.41) is 4.78. The van der Waals surface area contributed by atoms with E-state index in [4.69, 9.17) is 10.7 Å². The van der Waals surface area contributed by atoms with Gasteiger partial charge in [-0.25, -0.2) is 9.97 Å². The number of nitrogens with zero attached hydrogens (tertiary/aromatic N) is 3. The molecular formula is C24H27N5. The molecule has 4 rings (SSSR count). The first-order chi connectivity index (χ1) is 14.2. The Morgan fingerprint density at radius 2 is 1.90 bits per heavy atom. The summed E-state index contributed by atoms with van der Waals surface area (Å²) in [5.74, 6) is 0. The molecule has 2 heterocycles. The summed E-state index contributed by atoms with van der Waals surface area (Å²) in [4.78, 5) is 9.19. The van der Waals surface area contributed by atoms with E-state index in [1.807, 2.05) is 17.8 Å². The molecule has 0 fully saturated rings. The quantitative estimate of drug-likeness (QED) is 0.503. The number of pyridine rings is 1. The summed E-state index contributed by atoms with van der Waals surface area (Å²) in [5.41, 5.74) is 13.7. The van der Waals surface area contributed by atoms with Crippen molar-refractivity contribution >= 4 is 16.6 Å². The zero-order chi connectivity index (χ0) is 20.2. The fourth-order valence-electron chi connectivity index (χ4n) is 3.71. The van der Waals surface area contributed by atoms with Gasteiger partial charge in [-0.05, 0) is 61.2 Å². The minimum atomic E-state index is 0.643. The molecule has 0 bridgehead atoms. The molecule has 2 aromatic carbocycles. The second-order valence-electron chi connectivity index (χ2n) is 7.44. The molecule has 3 N–H and O–H groups in total. The number of nitrogens with two attached hydrogens (primary N) is 1. The highest BCUT2D eigenvalue weighted by Gasteiger charge is 2.12. The lowest BCUT2D eigenvalue weighted by molar-refractivity contribution is 0.917. The molecule has 0 aliphatic heterocycles. The molecule has 2 aromatic heterocycles. The van der Waals surface area contributed by atoms with Gasteiger partial charge in [0.25, 0.3) is 0 Å². The molecule has 0 radical (unpaired) electrons. The third kappa shape index (κ3) is 4.15. The van der Waals surface area contributed by atoms with E-state index in [1.165, 1.54) is 16.7 Å². The standard InChI is InChI=1S/C24H27N5/c1-17-12-22-20(13-19(17)8-10-25)21(27-11-9-18-6-4-3-5-7-18)14-23(28-22)24-15-26-16-29(24)2/h3-7,12-16H,8-11,25H2,1-2H3,(H,27,28). The van der Waals surface area contributed by atoms with Gasteiger partial charge in [0.05, 0.1) is 29.4 Å². The molecule has 0 saturated carbocycles. The number of hydrogen-bond donors (Lipinski definition) is 2. The molecule has 5 heteroatoms. The van der Waals surface area contributed by atoms with E-state index in [9.17, 15) is 0 Å². The van der Waals surface area contributed by atoms with Crippen molar-refractivity contribution in [3.8, 4) is 11.4 Å². The van der Waals surface area contributed by atoms with Crippen molar-refractivity contribution < 1.29 is 0 Å². The van der Waals surface area contributed by atoms with Gasteiger partial charge in [-0.1, -0.05) is 30.3 Å². The number of fused-ring (bicyclic) bond motifs is 1. The number of imidazole rings is 1. The summed E-state index contributed by atoms with van der Waals surface area (Å²) < 4.78 is 2.00. The van der Waals surface area contributed by atoms with Crippen molar-refractivity contribution in [2.75, 3.05) is 18.4 Å². The van der Waals surface area contributed by atoms with Crippen LogP contribution in [0.2, 0.25) is 0 Å². The van der Waals surface area contributed by atoms with Crippen LogP contribution >= 0.6 is 0 Å². The van der Waals surface area contributed by atoms with Gasteiger partial charge < -0.3 is 15.6 Å². The highest BCUT2D eigenvalue weighted by molar-refractivity contribution is 5.94. The Balaban J connectivity index is 1.73. The van der Waals surface area contributed by atoms with E-state index in [0.717, 1.165) is 47.4 Å². The first-order valence-electron chi connectivity index (χ1n) is 10.0. The monoisotopic (exact) mass is 385 g/mol. The Hall–Kier alpha value is -3.18. The number of rotatable bonds is 7. The topological polar surface area (TPSA) is 68.8 Å². The molecule has 0 atom stereocenters. The Morgan fingerprint density at radius 1 is 1.07 bits per heavy atom. The highest BCUT2D eigenvalue weighted by Crippen LogP contribution is 2.30. The van der Waals surface area contributed by atoms with E-state index in [-0.39, 0.29) is 0 Å². The molecule has 0 spiro atoms. The SMILES string of the molecule is Cc1cc2nc(-c3cncn3C)cc(NCCc3ccccc3)c2cc1CCN. The lowest BCUT2D eigenvalue weighted by Gasteiger charge is -2.15. The van der Waals surface area contributed by atoms with Crippen LogP contribution in [0, 0.1) is 6.92 Å². The number of anilines is 1. The van der Waals surface area contributed by atoms with Gasteiger partial charge in [0, 0.05) is 24.7 Å². The number of benzene rings is 2. The third-order valence-corrected chi connectivity index (χ3v) is 5.33. The average Bonchev–Trinajstić information content (AvgIpc) is 3.15. The van der Waals surface area contributed by atoms with Crippen LogP contribution in [-0.2, 0) is 19.9 Å². The Bertz CT molecular complexity index is 1120. The van der Waals surface area contributed by atoms with Gasteiger partial charge in [-0.2, -0.15) is 0 Å². The molecule has 0 unspecified atom stereocenters. The normalized spacial score (nSPS) is 11.1. The molecule has 0 saturated heterocycles. The minimum absolute atomic E-state index is 0.643. The van der Waals surface area contributed by atoms with Gasteiger partial charge in [-0.3, -0.25) is 0 Å². The van der Waals surface area contributed by atoms with Crippen LogP contribution in [0.5, 0.6) is 0 Å². The van der Waals surface area contributed by atoms with Crippen molar-refractivity contribution in [1.29, 1.82) is 0 Å². The molecule has 148 valence electrons.